The van der Waals surface area contributed by atoms with Gasteiger partial charge in [0.1, 0.15) is 0 Å². The van der Waals surface area contributed by atoms with Crippen LogP contribution < -0.4 is 0 Å². The Balaban J connectivity index is 2.42. The lowest BCUT2D eigenvalue weighted by Gasteiger charge is -2.18. The van der Waals surface area contributed by atoms with Crippen LogP contribution in [0.5, 0.6) is 0 Å². The van der Waals surface area contributed by atoms with Crippen LogP contribution in [0.2, 0.25) is 0 Å². The lowest BCUT2D eigenvalue weighted by atomic mass is 10.0. The zero-order valence-electron chi connectivity index (χ0n) is 13.0. The van der Waals surface area contributed by atoms with Crippen LogP contribution in [0.1, 0.15) is 30.9 Å². The van der Waals surface area contributed by atoms with E-state index in [4.69, 9.17) is 0 Å². The summed E-state index contributed by atoms with van der Waals surface area (Å²) in [5.74, 6) is 2.05. The Morgan fingerprint density at radius 3 is 2.24 bits per heavy atom. The molecule has 0 aromatic heterocycles. The van der Waals surface area contributed by atoms with E-state index in [2.05, 4.69) is 51.3 Å². The van der Waals surface area contributed by atoms with E-state index in [0.29, 0.717) is 24.8 Å². The van der Waals surface area contributed by atoms with Gasteiger partial charge in [-0.2, -0.15) is 0 Å². The van der Waals surface area contributed by atoms with Crippen LogP contribution in [-0.4, -0.2) is 29.6 Å². The molecule has 2 nitrogen and oxygen atoms in total. The van der Waals surface area contributed by atoms with Crippen LogP contribution in [0.4, 0.5) is 0 Å². The lowest BCUT2D eigenvalue weighted by Crippen LogP contribution is -2.32. The van der Waals surface area contributed by atoms with Crippen molar-refractivity contribution in [1.29, 1.82) is 0 Å². The molecule has 0 aliphatic carbocycles. The standard InChI is InChI=1S/C18H25NOS/c1-5-11-19(12-6-2)18(20)14-21-13-16-7-9-17(10-8-16)15(3)4/h5-10,15H,1-2,11-14H2,3-4H3. The van der Waals surface area contributed by atoms with Gasteiger partial charge in [0, 0.05) is 18.8 Å². The summed E-state index contributed by atoms with van der Waals surface area (Å²) < 4.78 is 0. The number of thioether (sulfide) groups is 1. The molecule has 0 saturated heterocycles. The van der Waals surface area contributed by atoms with E-state index in [9.17, 15) is 4.79 Å². The van der Waals surface area contributed by atoms with E-state index in [-0.39, 0.29) is 5.91 Å². The molecule has 0 radical (unpaired) electrons. The second-order valence-corrected chi connectivity index (χ2v) is 6.25. The Morgan fingerprint density at radius 2 is 1.76 bits per heavy atom. The average molecular weight is 303 g/mol. The van der Waals surface area contributed by atoms with Crippen LogP contribution >= 0.6 is 11.8 Å². The monoisotopic (exact) mass is 303 g/mol. The third-order valence-corrected chi connectivity index (χ3v) is 4.18. The molecule has 114 valence electrons. The first-order valence-electron chi connectivity index (χ1n) is 7.24. The molecule has 0 fully saturated rings. The first-order chi connectivity index (χ1) is 10.1. The van der Waals surface area contributed by atoms with Gasteiger partial charge in [0.2, 0.25) is 5.91 Å². The van der Waals surface area contributed by atoms with Gasteiger partial charge in [0.15, 0.2) is 0 Å². The molecule has 1 aromatic rings. The lowest BCUT2D eigenvalue weighted by molar-refractivity contribution is -0.127. The minimum absolute atomic E-state index is 0.138. The molecule has 0 saturated carbocycles. The fourth-order valence-electron chi connectivity index (χ4n) is 1.94. The Hall–Kier alpha value is -1.48. The summed E-state index contributed by atoms with van der Waals surface area (Å²) >= 11 is 1.65. The molecule has 0 bridgehead atoms. The van der Waals surface area contributed by atoms with Gasteiger partial charge in [-0.15, -0.1) is 24.9 Å². The van der Waals surface area contributed by atoms with Gasteiger partial charge in [-0.1, -0.05) is 50.3 Å². The van der Waals surface area contributed by atoms with E-state index in [1.807, 2.05) is 0 Å². The number of hydrogen-bond donors (Lipinski definition) is 0. The van der Waals surface area contributed by atoms with Gasteiger partial charge in [0.05, 0.1) is 5.75 Å². The highest BCUT2D eigenvalue weighted by Gasteiger charge is 2.10. The first-order valence-corrected chi connectivity index (χ1v) is 8.40. The highest BCUT2D eigenvalue weighted by atomic mass is 32.2. The molecule has 1 rings (SSSR count). The number of amides is 1. The van der Waals surface area contributed by atoms with E-state index in [1.165, 1.54) is 11.1 Å². The topological polar surface area (TPSA) is 20.3 Å². The Bertz CT molecular complexity index is 455. The molecular weight excluding hydrogens is 278 g/mol. The van der Waals surface area contributed by atoms with Crippen molar-refractivity contribution < 1.29 is 4.79 Å². The Labute approximate surface area is 132 Å². The van der Waals surface area contributed by atoms with Gasteiger partial charge < -0.3 is 4.90 Å². The van der Waals surface area contributed by atoms with E-state index in [1.54, 1.807) is 28.8 Å². The molecule has 1 amide bonds. The molecule has 0 atom stereocenters. The molecule has 0 aliphatic heterocycles. The number of rotatable bonds is 9. The van der Waals surface area contributed by atoms with Gasteiger partial charge in [-0.05, 0) is 17.0 Å². The van der Waals surface area contributed by atoms with Crippen LogP contribution in [0, 0.1) is 0 Å². The van der Waals surface area contributed by atoms with Crippen LogP contribution in [-0.2, 0) is 10.5 Å². The summed E-state index contributed by atoms with van der Waals surface area (Å²) in [6.45, 7) is 12.9. The SMILES string of the molecule is C=CCN(CC=C)C(=O)CSCc1ccc(C(C)C)cc1. The normalized spacial score (nSPS) is 10.4. The number of nitrogens with zero attached hydrogens (tertiary/aromatic N) is 1. The van der Waals surface area contributed by atoms with Crippen LogP contribution in [0.25, 0.3) is 0 Å². The third-order valence-electron chi connectivity index (χ3n) is 3.19. The molecule has 0 unspecified atom stereocenters. The highest BCUT2D eigenvalue weighted by Crippen LogP contribution is 2.18. The van der Waals surface area contributed by atoms with Crippen molar-refractivity contribution in [3.63, 3.8) is 0 Å². The van der Waals surface area contributed by atoms with E-state index >= 15 is 0 Å². The number of carbonyl (C=O) groups is 1. The number of carbonyl (C=O) groups excluding carboxylic acids is 1. The van der Waals surface area contributed by atoms with E-state index in [0.717, 1.165) is 5.75 Å². The third kappa shape index (κ3) is 6.21. The van der Waals surface area contributed by atoms with Crippen molar-refractivity contribution in [3.8, 4) is 0 Å². The summed E-state index contributed by atoms with van der Waals surface area (Å²) in [4.78, 5) is 13.8. The van der Waals surface area contributed by atoms with Crippen molar-refractivity contribution in [3.05, 3.63) is 60.7 Å². The zero-order chi connectivity index (χ0) is 15.7. The fourth-order valence-corrected chi connectivity index (χ4v) is 2.82. The van der Waals surface area contributed by atoms with Crippen molar-refractivity contribution in [2.24, 2.45) is 0 Å². The predicted molar refractivity (Wildman–Crippen MR) is 93.7 cm³/mol. The Morgan fingerprint density at radius 1 is 1.19 bits per heavy atom. The zero-order valence-corrected chi connectivity index (χ0v) is 13.9. The molecule has 0 spiro atoms. The average Bonchev–Trinajstić information content (AvgIpc) is 2.47. The molecule has 0 heterocycles. The molecule has 1 aromatic carbocycles. The summed E-state index contributed by atoms with van der Waals surface area (Å²) in [6.07, 6.45) is 3.49. The van der Waals surface area contributed by atoms with Gasteiger partial charge in [0.25, 0.3) is 0 Å². The number of hydrogen-bond acceptors (Lipinski definition) is 2. The van der Waals surface area contributed by atoms with Crippen LogP contribution in [0.15, 0.2) is 49.6 Å². The maximum atomic E-state index is 12.1. The second kappa shape index (κ2) is 9.46. The maximum absolute atomic E-state index is 12.1. The fraction of sp³-hybridized carbons (Fsp3) is 0.389. The van der Waals surface area contributed by atoms with Crippen LogP contribution in [0.3, 0.4) is 0 Å². The van der Waals surface area contributed by atoms with Crippen molar-refractivity contribution >= 4 is 17.7 Å². The summed E-state index contributed by atoms with van der Waals surface area (Å²) in [7, 11) is 0. The summed E-state index contributed by atoms with van der Waals surface area (Å²) in [6, 6.07) is 8.64. The highest BCUT2D eigenvalue weighted by molar-refractivity contribution is 7.99. The molecule has 0 N–H and O–H groups in total. The predicted octanol–water partition coefficient (Wildman–Crippen LogP) is 4.24. The molecule has 3 heteroatoms. The molecular formula is C18H25NOS. The molecule has 21 heavy (non-hydrogen) atoms. The second-order valence-electron chi connectivity index (χ2n) is 5.27. The quantitative estimate of drug-likeness (QED) is 0.636. The summed E-state index contributed by atoms with van der Waals surface area (Å²) in [5.41, 5.74) is 2.61. The van der Waals surface area contributed by atoms with Crippen molar-refractivity contribution in [2.45, 2.75) is 25.5 Å². The maximum Gasteiger partial charge on any atom is 0.233 e. The van der Waals surface area contributed by atoms with Crippen molar-refractivity contribution in [1.82, 2.24) is 4.90 Å². The first kappa shape index (κ1) is 17.6. The largest absolute Gasteiger partial charge is 0.335 e. The Kier molecular flexibility index (Phi) is 7.91. The van der Waals surface area contributed by atoms with E-state index < -0.39 is 0 Å². The molecule has 0 aliphatic rings. The van der Waals surface area contributed by atoms with Gasteiger partial charge in [-0.3, -0.25) is 4.79 Å². The smallest absolute Gasteiger partial charge is 0.233 e. The minimum Gasteiger partial charge on any atom is -0.335 e. The summed E-state index contributed by atoms with van der Waals surface area (Å²) in [5, 5.41) is 0. The minimum atomic E-state index is 0.138. The van der Waals surface area contributed by atoms with Gasteiger partial charge in [-0.25, -0.2) is 0 Å². The number of benzene rings is 1. The van der Waals surface area contributed by atoms with Crippen molar-refractivity contribution in [2.75, 3.05) is 18.8 Å². The van der Waals surface area contributed by atoms with Gasteiger partial charge >= 0.3 is 0 Å².